The van der Waals surface area contributed by atoms with Gasteiger partial charge < -0.3 is 4.74 Å². The fourth-order valence-electron chi connectivity index (χ4n) is 0.407. The molecule has 0 aromatic rings. The first-order chi connectivity index (χ1) is 5.56. The van der Waals surface area contributed by atoms with Crippen LogP contribution in [0.1, 0.15) is 6.92 Å². The summed E-state index contributed by atoms with van der Waals surface area (Å²) in [6.45, 7) is 0.0486. The van der Waals surface area contributed by atoms with E-state index in [1.165, 1.54) is 0 Å². The molecule has 0 aliphatic rings. The Morgan fingerprint density at radius 2 is 1.62 bits per heavy atom. The Kier molecular flexibility index (Phi) is 3.26. The molecule has 0 amide bonds. The van der Waals surface area contributed by atoms with Crippen LogP contribution in [0.2, 0.25) is 0 Å². The Morgan fingerprint density at radius 3 is 1.85 bits per heavy atom. The Labute approximate surface area is 70.7 Å². The lowest BCUT2D eigenvalue weighted by Gasteiger charge is -2.21. The minimum atomic E-state index is -6.69. The highest BCUT2D eigenvalue weighted by Gasteiger charge is 2.68. The molecule has 0 unspecified atom stereocenters. The summed E-state index contributed by atoms with van der Waals surface area (Å²) in [5.41, 5.74) is 0. The van der Waals surface area contributed by atoms with Crippen LogP contribution in [0.4, 0.5) is 21.4 Å². The molecule has 0 saturated carbocycles. The zero-order chi connectivity index (χ0) is 10.9. The van der Waals surface area contributed by atoms with Crippen molar-refractivity contribution in [2.45, 2.75) is 18.3 Å². The molecular formula is C4H5F5O3S. The monoisotopic (exact) mass is 228 g/mol. The average molecular weight is 228 g/mol. The van der Waals surface area contributed by atoms with Crippen LogP contribution in [-0.4, -0.2) is 26.4 Å². The molecule has 0 aliphatic carbocycles. The number of hydrogen-bond donors (Lipinski definition) is 0. The molecule has 0 saturated heterocycles. The largest absolute Gasteiger partial charge is 0.464 e. The van der Waals surface area contributed by atoms with Crippen LogP contribution in [0.25, 0.3) is 0 Å². The van der Waals surface area contributed by atoms with Crippen molar-refractivity contribution in [2.75, 3.05) is 6.61 Å². The van der Waals surface area contributed by atoms with Gasteiger partial charge in [0.05, 0.1) is 6.61 Å². The minimum Gasteiger partial charge on any atom is -0.315 e. The second kappa shape index (κ2) is 3.37. The zero-order valence-corrected chi connectivity index (χ0v) is 7.05. The Morgan fingerprint density at radius 1 is 1.23 bits per heavy atom. The summed E-state index contributed by atoms with van der Waals surface area (Å²) >= 11 is 0. The fraction of sp³-hybridized carbons (Fsp3) is 1.00. The van der Waals surface area contributed by atoms with Crippen molar-refractivity contribution >= 4 is 10.2 Å². The van der Waals surface area contributed by atoms with E-state index in [-0.39, 0.29) is 0 Å². The first-order valence-electron chi connectivity index (χ1n) is 2.90. The quantitative estimate of drug-likeness (QED) is 0.541. The third-order valence-electron chi connectivity index (χ3n) is 0.971. The summed E-state index contributed by atoms with van der Waals surface area (Å²) < 4.78 is 82.3. The van der Waals surface area contributed by atoms with E-state index in [1.807, 2.05) is 0 Å². The topological polar surface area (TPSA) is 43.4 Å². The highest BCUT2D eigenvalue weighted by atomic mass is 32.3. The van der Waals surface area contributed by atoms with E-state index in [2.05, 4.69) is 4.74 Å². The molecule has 0 radical (unpaired) electrons. The zero-order valence-electron chi connectivity index (χ0n) is 6.23. The van der Waals surface area contributed by atoms with Crippen LogP contribution in [-0.2, 0) is 15.0 Å². The third-order valence-corrected chi connectivity index (χ3v) is 1.82. The van der Waals surface area contributed by atoms with Gasteiger partial charge >= 0.3 is 21.6 Å². The molecule has 9 heteroatoms. The lowest BCUT2D eigenvalue weighted by molar-refractivity contribution is -0.315. The van der Waals surface area contributed by atoms with Crippen molar-refractivity contribution in [3.63, 3.8) is 0 Å². The number of alkyl halides is 4. The second-order valence-electron chi connectivity index (χ2n) is 1.90. The van der Waals surface area contributed by atoms with Gasteiger partial charge in [-0.15, -0.1) is 0 Å². The number of hydrogen-bond acceptors (Lipinski definition) is 3. The molecule has 0 heterocycles. The fourth-order valence-corrected chi connectivity index (χ4v) is 0.750. The molecule has 0 N–H and O–H groups in total. The van der Waals surface area contributed by atoms with Gasteiger partial charge in [0.25, 0.3) is 0 Å². The lowest BCUT2D eigenvalue weighted by Crippen LogP contribution is -2.47. The Bertz CT molecular complexity index is 272. The molecule has 13 heavy (non-hydrogen) atoms. The van der Waals surface area contributed by atoms with E-state index in [9.17, 15) is 29.9 Å². The van der Waals surface area contributed by atoms with E-state index in [4.69, 9.17) is 0 Å². The van der Waals surface area contributed by atoms with Gasteiger partial charge in [-0.3, -0.25) is 0 Å². The van der Waals surface area contributed by atoms with Gasteiger partial charge in [-0.2, -0.15) is 26.0 Å². The number of halogens is 5. The van der Waals surface area contributed by atoms with Crippen molar-refractivity contribution in [1.82, 2.24) is 0 Å². The molecule has 0 rings (SSSR count). The SMILES string of the molecule is CCOC(F)(F)C(F)(F)S(=O)(=O)F. The van der Waals surface area contributed by atoms with Crippen LogP contribution in [0.5, 0.6) is 0 Å². The summed E-state index contributed by atoms with van der Waals surface area (Å²) in [6, 6.07) is 0. The maximum absolute atomic E-state index is 12.1. The van der Waals surface area contributed by atoms with Crippen molar-refractivity contribution in [3.8, 4) is 0 Å². The van der Waals surface area contributed by atoms with E-state index in [0.29, 0.717) is 0 Å². The molecule has 0 aromatic carbocycles. The molecule has 0 atom stereocenters. The first kappa shape index (κ1) is 12.6. The molecule has 0 aromatic heterocycles. The number of rotatable bonds is 4. The molecule has 0 spiro atoms. The summed E-state index contributed by atoms with van der Waals surface area (Å²) in [4.78, 5) is 0. The number of ether oxygens (including phenoxy) is 1. The molecule has 80 valence electrons. The second-order valence-corrected chi connectivity index (χ2v) is 3.29. The van der Waals surface area contributed by atoms with Crippen LogP contribution in [0, 0.1) is 0 Å². The highest BCUT2D eigenvalue weighted by Crippen LogP contribution is 2.40. The van der Waals surface area contributed by atoms with Gasteiger partial charge in [0, 0.05) is 0 Å². The van der Waals surface area contributed by atoms with Crippen LogP contribution in [0.15, 0.2) is 0 Å². The van der Waals surface area contributed by atoms with Gasteiger partial charge in [-0.1, -0.05) is 3.89 Å². The maximum Gasteiger partial charge on any atom is 0.464 e. The van der Waals surface area contributed by atoms with Crippen LogP contribution >= 0.6 is 0 Å². The molecule has 0 aliphatic heterocycles. The minimum absolute atomic E-state index is 0.877. The lowest BCUT2D eigenvalue weighted by atomic mass is 10.6. The van der Waals surface area contributed by atoms with Crippen molar-refractivity contribution < 1.29 is 34.6 Å². The smallest absolute Gasteiger partial charge is 0.315 e. The highest BCUT2D eigenvalue weighted by molar-refractivity contribution is 7.87. The van der Waals surface area contributed by atoms with E-state index >= 15 is 0 Å². The summed E-state index contributed by atoms with van der Waals surface area (Å²) in [7, 11) is -6.69. The Balaban J connectivity index is 5.04. The average Bonchev–Trinajstić information content (AvgIpc) is 1.84. The van der Waals surface area contributed by atoms with Crippen molar-refractivity contribution in [2.24, 2.45) is 0 Å². The standard InChI is InChI=1S/C4H5F5O3S/c1-2-12-3(5,6)4(7,8)13(9,10)11/h2H2,1H3. The van der Waals surface area contributed by atoms with E-state index in [0.717, 1.165) is 6.92 Å². The van der Waals surface area contributed by atoms with Gasteiger partial charge in [-0.25, -0.2) is 0 Å². The van der Waals surface area contributed by atoms with Crippen LogP contribution < -0.4 is 0 Å². The molecule has 0 bridgehead atoms. The summed E-state index contributed by atoms with van der Waals surface area (Å²) in [5.74, 6) is 0. The van der Waals surface area contributed by atoms with E-state index < -0.39 is 28.2 Å². The first-order valence-corrected chi connectivity index (χ1v) is 4.28. The summed E-state index contributed by atoms with van der Waals surface area (Å²) in [6.07, 6.45) is -5.37. The maximum atomic E-state index is 12.1. The third kappa shape index (κ3) is 2.27. The predicted octanol–water partition coefficient (Wildman–Crippen LogP) is 1.51. The molecule has 3 nitrogen and oxygen atoms in total. The summed E-state index contributed by atoms with van der Waals surface area (Å²) in [5, 5.41) is -5.87. The molecule has 0 fully saturated rings. The predicted molar refractivity (Wildman–Crippen MR) is 31.5 cm³/mol. The Hall–Kier alpha value is -0.440. The van der Waals surface area contributed by atoms with E-state index in [1.54, 1.807) is 0 Å². The van der Waals surface area contributed by atoms with Crippen molar-refractivity contribution in [3.05, 3.63) is 0 Å². The van der Waals surface area contributed by atoms with Gasteiger partial charge in [0.15, 0.2) is 0 Å². The van der Waals surface area contributed by atoms with Gasteiger partial charge in [-0.05, 0) is 6.92 Å². The van der Waals surface area contributed by atoms with Crippen LogP contribution in [0.3, 0.4) is 0 Å². The normalized spacial score (nSPS) is 14.6. The van der Waals surface area contributed by atoms with Gasteiger partial charge in [0.1, 0.15) is 0 Å². The molecular weight excluding hydrogens is 223 g/mol. The van der Waals surface area contributed by atoms with Gasteiger partial charge in [0.2, 0.25) is 0 Å². The van der Waals surface area contributed by atoms with Crippen molar-refractivity contribution in [1.29, 1.82) is 0 Å².